The topological polar surface area (TPSA) is 69.7 Å². The van der Waals surface area contributed by atoms with E-state index in [1.807, 2.05) is 20.8 Å². The fourth-order valence-corrected chi connectivity index (χ4v) is 7.15. The van der Waals surface area contributed by atoms with E-state index in [0.29, 0.717) is 5.57 Å². The molecule has 5 nitrogen and oxygen atoms in total. The Hall–Kier alpha value is -0.940. The number of sulfone groups is 1. The lowest BCUT2D eigenvalue weighted by Gasteiger charge is -2.35. The second kappa shape index (κ2) is 6.75. The molecule has 0 radical (unpaired) electrons. The molecule has 1 atom stereocenters. The zero-order valence-electron chi connectivity index (χ0n) is 14.6. The van der Waals surface area contributed by atoms with Gasteiger partial charge >= 0.3 is 7.60 Å². The molecule has 1 aromatic carbocycles. The van der Waals surface area contributed by atoms with Crippen molar-refractivity contribution in [1.82, 2.24) is 0 Å². The van der Waals surface area contributed by atoms with Crippen LogP contribution in [0.15, 0.2) is 41.3 Å². The Morgan fingerprint density at radius 1 is 1.25 bits per heavy atom. The standard InChI is InChI=1S/C17H25O5PS/c1-13(2)16(10-23(18)21-11-17(4,5)12-22-23)24(19,20)15-8-6-14(3)7-9-15/h6-9,16H,1,10-12H2,2-5H3. The highest BCUT2D eigenvalue weighted by atomic mass is 32.2. The molecule has 1 saturated heterocycles. The van der Waals surface area contributed by atoms with E-state index in [9.17, 15) is 13.0 Å². The highest BCUT2D eigenvalue weighted by molar-refractivity contribution is 7.92. The van der Waals surface area contributed by atoms with E-state index < -0.39 is 22.7 Å². The molecule has 0 spiro atoms. The maximum Gasteiger partial charge on any atom is 0.332 e. The minimum atomic E-state index is -3.72. The lowest BCUT2D eigenvalue weighted by Crippen LogP contribution is -2.33. The molecule has 0 aliphatic carbocycles. The summed E-state index contributed by atoms with van der Waals surface area (Å²) in [7, 11) is -7.18. The van der Waals surface area contributed by atoms with Gasteiger partial charge in [-0.3, -0.25) is 4.57 Å². The number of hydrogen-bond donors (Lipinski definition) is 0. The second-order valence-corrected chi connectivity index (χ2v) is 11.4. The molecule has 2 rings (SSSR count). The summed E-state index contributed by atoms with van der Waals surface area (Å²) in [6, 6.07) is 6.59. The van der Waals surface area contributed by atoms with E-state index in [0.717, 1.165) is 5.56 Å². The monoisotopic (exact) mass is 372 g/mol. The molecule has 1 aliphatic heterocycles. The first kappa shape index (κ1) is 19.4. The Balaban J connectivity index is 2.28. The summed E-state index contributed by atoms with van der Waals surface area (Å²) in [4.78, 5) is 0.185. The molecular weight excluding hydrogens is 347 g/mol. The van der Waals surface area contributed by atoms with E-state index in [1.165, 1.54) is 0 Å². The van der Waals surface area contributed by atoms with Gasteiger partial charge in [-0.25, -0.2) is 8.42 Å². The Labute approximate surface area is 144 Å². The van der Waals surface area contributed by atoms with E-state index in [-0.39, 0.29) is 29.7 Å². The third kappa shape index (κ3) is 4.37. The average molecular weight is 372 g/mol. The summed E-state index contributed by atoms with van der Waals surface area (Å²) in [6.07, 6.45) is -0.214. The van der Waals surface area contributed by atoms with Crippen LogP contribution in [0.4, 0.5) is 0 Å². The van der Waals surface area contributed by atoms with Crippen molar-refractivity contribution in [2.75, 3.05) is 19.4 Å². The average Bonchev–Trinajstić information content (AvgIpc) is 2.49. The zero-order chi connectivity index (χ0) is 18.2. The number of aryl methyl sites for hydroxylation is 1. The van der Waals surface area contributed by atoms with Crippen molar-refractivity contribution in [3.63, 3.8) is 0 Å². The van der Waals surface area contributed by atoms with Crippen LogP contribution in [0.25, 0.3) is 0 Å². The van der Waals surface area contributed by atoms with E-state index in [4.69, 9.17) is 9.05 Å². The van der Waals surface area contributed by atoms with Gasteiger partial charge in [0.05, 0.1) is 29.5 Å². The molecule has 1 aromatic rings. The predicted molar refractivity (Wildman–Crippen MR) is 95.1 cm³/mol. The van der Waals surface area contributed by atoms with Gasteiger partial charge in [0, 0.05) is 5.41 Å². The van der Waals surface area contributed by atoms with E-state index >= 15 is 0 Å². The number of benzene rings is 1. The molecule has 0 amide bonds. The smallest absolute Gasteiger partial charge is 0.308 e. The van der Waals surface area contributed by atoms with Crippen molar-refractivity contribution in [2.24, 2.45) is 5.41 Å². The van der Waals surface area contributed by atoms with Gasteiger partial charge in [0.25, 0.3) is 0 Å². The SMILES string of the molecule is C=C(C)C(CP1(=O)OCC(C)(C)CO1)S(=O)(=O)c1ccc(C)cc1. The lowest BCUT2D eigenvalue weighted by atomic mass is 9.97. The van der Waals surface area contributed by atoms with Crippen molar-refractivity contribution in [2.45, 2.75) is 37.8 Å². The van der Waals surface area contributed by atoms with Crippen LogP contribution in [0.5, 0.6) is 0 Å². The molecule has 1 unspecified atom stereocenters. The lowest BCUT2D eigenvalue weighted by molar-refractivity contribution is 0.0417. The minimum absolute atomic E-state index is 0.185. The van der Waals surface area contributed by atoms with Crippen LogP contribution in [-0.2, 0) is 23.4 Å². The third-order valence-corrected chi connectivity index (χ3v) is 8.32. The third-order valence-electron chi connectivity index (χ3n) is 3.97. The maximum atomic E-state index is 12.9. The van der Waals surface area contributed by atoms with Gasteiger partial charge in [-0.05, 0) is 26.0 Å². The first-order chi connectivity index (χ1) is 11.0. The van der Waals surface area contributed by atoms with Gasteiger partial charge in [-0.1, -0.05) is 43.7 Å². The van der Waals surface area contributed by atoms with Gasteiger partial charge in [0.15, 0.2) is 9.84 Å². The van der Waals surface area contributed by atoms with Gasteiger partial charge in [-0.2, -0.15) is 0 Å². The molecule has 0 aromatic heterocycles. The summed E-state index contributed by atoms with van der Waals surface area (Å²) in [5.74, 6) is 0. The summed E-state index contributed by atoms with van der Waals surface area (Å²) in [5, 5.41) is -1.01. The predicted octanol–water partition coefficient (Wildman–Crippen LogP) is 3.98. The Morgan fingerprint density at radius 2 is 1.75 bits per heavy atom. The molecule has 24 heavy (non-hydrogen) atoms. The Morgan fingerprint density at radius 3 is 2.21 bits per heavy atom. The zero-order valence-corrected chi connectivity index (χ0v) is 16.3. The summed E-state index contributed by atoms with van der Waals surface area (Å²) in [5.41, 5.74) is 1.15. The van der Waals surface area contributed by atoms with E-state index in [1.54, 1.807) is 31.2 Å². The fraction of sp³-hybridized carbons (Fsp3) is 0.529. The maximum absolute atomic E-state index is 12.9. The van der Waals surface area contributed by atoms with Gasteiger partial charge in [0.2, 0.25) is 0 Å². The minimum Gasteiger partial charge on any atom is -0.308 e. The first-order valence-electron chi connectivity index (χ1n) is 7.79. The fourth-order valence-electron chi connectivity index (χ4n) is 2.34. The Bertz CT molecular complexity index is 751. The van der Waals surface area contributed by atoms with Gasteiger partial charge < -0.3 is 9.05 Å². The molecule has 1 aliphatic rings. The van der Waals surface area contributed by atoms with E-state index in [2.05, 4.69) is 6.58 Å². The largest absolute Gasteiger partial charge is 0.332 e. The van der Waals surface area contributed by atoms with Crippen LogP contribution in [0, 0.1) is 12.3 Å². The van der Waals surface area contributed by atoms with Gasteiger partial charge in [-0.15, -0.1) is 0 Å². The summed E-state index contributed by atoms with van der Waals surface area (Å²) in [6.45, 7) is 11.7. The van der Waals surface area contributed by atoms with Crippen LogP contribution >= 0.6 is 7.60 Å². The second-order valence-electron chi connectivity index (χ2n) is 7.20. The quantitative estimate of drug-likeness (QED) is 0.578. The number of rotatable bonds is 5. The molecule has 0 N–H and O–H groups in total. The Kier molecular flexibility index (Phi) is 5.46. The summed E-state index contributed by atoms with van der Waals surface area (Å²) >= 11 is 0. The molecular formula is C17H25O5PS. The van der Waals surface area contributed by atoms with Crippen molar-refractivity contribution in [3.8, 4) is 0 Å². The summed E-state index contributed by atoms with van der Waals surface area (Å²) < 4.78 is 49.6. The van der Waals surface area contributed by atoms with Crippen molar-refractivity contribution >= 4 is 17.4 Å². The van der Waals surface area contributed by atoms with Crippen molar-refractivity contribution in [1.29, 1.82) is 0 Å². The molecule has 134 valence electrons. The highest BCUT2D eigenvalue weighted by Crippen LogP contribution is 2.55. The van der Waals surface area contributed by atoms with Crippen LogP contribution < -0.4 is 0 Å². The molecule has 0 bridgehead atoms. The molecule has 1 fully saturated rings. The van der Waals surface area contributed by atoms with Crippen molar-refractivity contribution in [3.05, 3.63) is 42.0 Å². The molecule has 7 heteroatoms. The molecule has 0 saturated carbocycles. The first-order valence-corrected chi connectivity index (χ1v) is 11.1. The van der Waals surface area contributed by atoms with Crippen LogP contribution in [-0.4, -0.2) is 33.0 Å². The normalized spacial score (nSPS) is 21.2. The number of hydrogen-bond acceptors (Lipinski definition) is 5. The van der Waals surface area contributed by atoms with Crippen LogP contribution in [0.1, 0.15) is 26.3 Å². The molecule has 1 heterocycles. The van der Waals surface area contributed by atoms with Crippen molar-refractivity contribution < 1.29 is 22.0 Å². The van der Waals surface area contributed by atoms with Crippen LogP contribution in [0.3, 0.4) is 0 Å². The van der Waals surface area contributed by atoms with Gasteiger partial charge in [0.1, 0.15) is 0 Å². The van der Waals surface area contributed by atoms with Crippen LogP contribution in [0.2, 0.25) is 0 Å². The highest BCUT2D eigenvalue weighted by Gasteiger charge is 2.42.